The number of rotatable bonds is 5. The van der Waals surface area contributed by atoms with Crippen LogP contribution in [-0.2, 0) is 12.8 Å². The molecule has 0 saturated heterocycles. The smallest absolute Gasteiger partial charge is 0.0540 e. The average molecular weight is 452 g/mol. The zero-order valence-electron chi connectivity index (χ0n) is 20.3. The van der Waals surface area contributed by atoms with Gasteiger partial charge in [0.2, 0.25) is 0 Å². The molecule has 0 atom stereocenters. The van der Waals surface area contributed by atoms with Crippen LogP contribution in [0.15, 0.2) is 103 Å². The summed E-state index contributed by atoms with van der Waals surface area (Å²) in [5, 5.41) is 2.78. The summed E-state index contributed by atoms with van der Waals surface area (Å²) in [5.74, 6) is 0. The maximum absolute atomic E-state index is 2.40. The van der Waals surface area contributed by atoms with E-state index in [0.29, 0.717) is 0 Å². The maximum atomic E-state index is 2.40. The number of hydrogen-bond donors (Lipinski definition) is 0. The molecule has 0 spiro atoms. The molecule has 0 saturated carbocycles. The van der Waals surface area contributed by atoms with Crippen molar-refractivity contribution in [3.8, 4) is 0 Å². The fourth-order valence-corrected chi connectivity index (χ4v) is 5.15. The molecule has 1 aliphatic rings. The van der Waals surface area contributed by atoms with E-state index in [9.17, 15) is 0 Å². The Morgan fingerprint density at radius 3 is 1.69 bits per heavy atom. The molecule has 170 valence electrons. The van der Waals surface area contributed by atoms with Gasteiger partial charge in [-0.1, -0.05) is 96.1 Å². The lowest BCUT2D eigenvalue weighted by atomic mass is 10.0. The Kier molecular flexibility index (Phi) is 5.47. The Labute approximate surface area is 208 Å². The summed E-state index contributed by atoms with van der Waals surface area (Å²) in [5.41, 5.74) is 11.5. The molecule has 0 heterocycles. The first-order chi connectivity index (χ1) is 17.2. The quantitative estimate of drug-likeness (QED) is 0.241. The van der Waals surface area contributed by atoms with E-state index in [4.69, 9.17) is 0 Å². The fourth-order valence-electron chi connectivity index (χ4n) is 5.15. The molecular formula is C34H29N. The van der Waals surface area contributed by atoms with E-state index in [1.54, 1.807) is 0 Å². The average Bonchev–Trinajstić information content (AvgIpc) is 3.32. The molecule has 0 fully saturated rings. The Bertz CT molecular complexity index is 1510. The Hall–Kier alpha value is -4.10. The van der Waals surface area contributed by atoms with Crippen molar-refractivity contribution in [2.75, 3.05) is 4.90 Å². The largest absolute Gasteiger partial charge is 0.310 e. The van der Waals surface area contributed by atoms with Gasteiger partial charge >= 0.3 is 0 Å². The number of benzene rings is 5. The Morgan fingerprint density at radius 2 is 1.06 bits per heavy atom. The van der Waals surface area contributed by atoms with Gasteiger partial charge in [-0.3, -0.25) is 0 Å². The van der Waals surface area contributed by atoms with Crippen molar-refractivity contribution < 1.29 is 0 Å². The molecule has 0 radical (unpaired) electrons. The molecule has 0 N–H and O–H groups in total. The monoisotopic (exact) mass is 451 g/mol. The highest BCUT2D eigenvalue weighted by molar-refractivity contribution is 6.03. The molecule has 0 aliphatic heterocycles. The highest BCUT2D eigenvalue weighted by Gasteiger charge is 2.20. The lowest BCUT2D eigenvalue weighted by Crippen LogP contribution is -2.10. The first kappa shape index (κ1) is 21.4. The summed E-state index contributed by atoms with van der Waals surface area (Å²) in [4.78, 5) is 2.40. The van der Waals surface area contributed by atoms with Crippen LogP contribution < -0.4 is 4.90 Å². The second-order valence-electron chi connectivity index (χ2n) is 9.59. The summed E-state index contributed by atoms with van der Waals surface area (Å²) < 4.78 is 0. The first-order valence-corrected chi connectivity index (χ1v) is 12.4. The zero-order valence-corrected chi connectivity index (χ0v) is 20.3. The van der Waals surface area contributed by atoms with Crippen LogP contribution in [0.5, 0.6) is 0 Å². The number of anilines is 3. The van der Waals surface area contributed by atoms with Crippen LogP contribution in [0, 0.1) is 13.8 Å². The summed E-state index contributed by atoms with van der Waals surface area (Å²) in [6.45, 7) is 4.26. The number of nitrogens with zero attached hydrogens (tertiary/aromatic N) is 1. The molecule has 0 unspecified atom stereocenters. The van der Waals surface area contributed by atoms with Crippen LogP contribution in [0.4, 0.5) is 17.1 Å². The van der Waals surface area contributed by atoms with Gasteiger partial charge in [0.05, 0.1) is 5.69 Å². The fraction of sp³-hybridized carbons (Fsp3) is 0.118. The van der Waals surface area contributed by atoms with Gasteiger partial charge in [-0.05, 0) is 84.7 Å². The molecular weight excluding hydrogens is 422 g/mol. The van der Waals surface area contributed by atoms with Crippen molar-refractivity contribution in [1.29, 1.82) is 0 Å². The molecule has 35 heavy (non-hydrogen) atoms. The van der Waals surface area contributed by atoms with E-state index in [1.807, 2.05) is 0 Å². The molecule has 1 aliphatic carbocycles. The topological polar surface area (TPSA) is 3.24 Å². The normalized spacial score (nSPS) is 12.5. The van der Waals surface area contributed by atoms with Gasteiger partial charge in [0.15, 0.2) is 0 Å². The van der Waals surface area contributed by atoms with Crippen LogP contribution in [0.1, 0.15) is 33.4 Å². The summed E-state index contributed by atoms with van der Waals surface area (Å²) in [6, 6.07) is 37.8. The summed E-state index contributed by atoms with van der Waals surface area (Å²) in [6.07, 6.45) is 6.64. The van der Waals surface area contributed by atoms with E-state index >= 15 is 0 Å². The molecule has 0 aromatic heterocycles. The van der Waals surface area contributed by atoms with E-state index in [2.05, 4.69) is 134 Å². The van der Waals surface area contributed by atoms with E-state index < -0.39 is 0 Å². The maximum Gasteiger partial charge on any atom is 0.0540 e. The summed E-state index contributed by atoms with van der Waals surface area (Å²) in [7, 11) is 0. The SMILES string of the molecule is Cc1ccc(C=Cc2ccc(N(c3ccc(C)cc3)c3ccc4c5c(cccc35)CC4)cc2)cc1. The van der Waals surface area contributed by atoms with Crippen LogP contribution in [0.25, 0.3) is 22.9 Å². The molecule has 0 bridgehead atoms. The third-order valence-electron chi connectivity index (χ3n) is 7.08. The van der Waals surface area contributed by atoms with Crippen molar-refractivity contribution in [3.05, 3.63) is 137 Å². The van der Waals surface area contributed by atoms with Crippen molar-refractivity contribution in [3.63, 3.8) is 0 Å². The molecule has 6 rings (SSSR count). The molecule has 5 aromatic carbocycles. The van der Waals surface area contributed by atoms with Crippen molar-refractivity contribution >= 4 is 40.0 Å². The second kappa shape index (κ2) is 8.92. The van der Waals surface area contributed by atoms with Crippen molar-refractivity contribution in [2.45, 2.75) is 26.7 Å². The van der Waals surface area contributed by atoms with Gasteiger partial charge in [0, 0.05) is 16.8 Å². The van der Waals surface area contributed by atoms with Crippen molar-refractivity contribution in [2.24, 2.45) is 0 Å². The van der Waals surface area contributed by atoms with Crippen LogP contribution >= 0.6 is 0 Å². The molecule has 1 heteroatoms. The zero-order chi connectivity index (χ0) is 23.8. The molecule has 0 amide bonds. The van der Waals surface area contributed by atoms with Crippen LogP contribution in [0.3, 0.4) is 0 Å². The van der Waals surface area contributed by atoms with Gasteiger partial charge in [-0.25, -0.2) is 0 Å². The highest BCUT2D eigenvalue weighted by atomic mass is 15.1. The number of aryl methyl sites for hydroxylation is 4. The number of hydrogen-bond acceptors (Lipinski definition) is 1. The van der Waals surface area contributed by atoms with Gasteiger partial charge in [0.1, 0.15) is 0 Å². The van der Waals surface area contributed by atoms with Crippen LogP contribution in [0.2, 0.25) is 0 Å². The third-order valence-corrected chi connectivity index (χ3v) is 7.08. The standard InChI is InChI=1S/C34H29N/c1-24-6-10-26(11-7-24)12-13-27-14-21-31(22-15-27)35(30-19-8-25(2)9-20-30)33-23-18-29-17-16-28-4-3-5-32(33)34(28)29/h3-15,18-23H,16-17H2,1-2H3. The summed E-state index contributed by atoms with van der Waals surface area (Å²) >= 11 is 0. The molecule has 5 aromatic rings. The van der Waals surface area contributed by atoms with Gasteiger partial charge in [0.25, 0.3) is 0 Å². The third kappa shape index (κ3) is 4.15. The van der Waals surface area contributed by atoms with E-state index in [0.717, 1.165) is 12.8 Å². The highest BCUT2D eigenvalue weighted by Crippen LogP contribution is 2.42. The Morgan fingerprint density at radius 1 is 0.543 bits per heavy atom. The van der Waals surface area contributed by atoms with Crippen LogP contribution in [-0.4, -0.2) is 0 Å². The van der Waals surface area contributed by atoms with E-state index in [1.165, 1.54) is 61.2 Å². The van der Waals surface area contributed by atoms with Gasteiger partial charge < -0.3 is 4.90 Å². The molecule has 1 nitrogen and oxygen atoms in total. The Balaban J connectivity index is 1.42. The first-order valence-electron chi connectivity index (χ1n) is 12.4. The minimum Gasteiger partial charge on any atom is -0.310 e. The predicted molar refractivity (Wildman–Crippen MR) is 151 cm³/mol. The minimum absolute atomic E-state index is 1.14. The minimum atomic E-state index is 1.14. The van der Waals surface area contributed by atoms with Crippen molar-refractivity contribution in [1.82, 2.24) is 0 Å². The van der Waals surface area contributed by atoms with E-state index in [-0.39, 0.29) is 0 Å². The van der Waals surface area contributed by atoms with Gasteiger partial charge in [-0.15, -0.1) is 0 Å². The van der Waals surface area contributed by atoms with Gasteiger partial charge in [-0.2, -0.15) is 0 Å². The lowest BCUT2D eigenvalue weighted by molar-refractivity contribution is 1.02. The lowest BCUT2D eigenvalue weighted by Gasteiger charge is -2.27. The predicted octanol–water partition coefficient (Wildman–Crippen LogP) is 9.20. The second-order valence-corrected chi connectivity index (χ2v) is 9.59.